The van der Waals surface area contributed by atoms with Crippen LogP contribution in [0.2, 0.25) is 0 Å². The molecule has 0 spiro atoms. The summed E-state index contributed by atoms with van der Waals surface area (Å²) >= 11 is 0. The van der Waals surface area contributed by atoms with Gasteiger partial charge in [0.05, 0.1) is 0 Å². The molecule has 0 saturated heterocycles. The Morgan fingerprint density at radius 2 is 1.86 bits per heavy atom. The van der Waals surface area contributed by atoms with Crippen LogP contribution in [0.5, 0.6) is 0 Å². The van der Waals surface area contributed by atoms with Gasteiger partial charge in [0.1, 0.15) is 0 Å². The molecule has 0 fully saturated rings. The Kier molecular flexibility index (Phi) is 24.0. The molecule has 1 heteroatoms. The molecule has 0 aromatic heterocycles. The van der Waals surface area contributed by atoms with Crippen molar-refractivity contribution in [3.8, 4) is 12.3 Å². The van der Waals surface area contributed by atoms with Crippen molar-refractivity contribution in [3.05, 3.63) is 24.3 Å². The number of terminal acetylenes is 1. The van der Waals surface area contributed by atoms with Crippen LogP contribution >= 0.6 is 0 Å². The summed E-state index contributed by atoms with van der Waals surface area (Å²) in [6.45, 7) is 11.8. The van der Waals surface area contributed by atoms with Gasteiger partial charge in [-0.1, -0.05) is 38.3 Å². The maximum atomic E-state index is 5.04. The molecule has 0 atom stereocenters. The lowest BCUT2D eigenvalue weighted by molar-refractivity contribution is 0.770. The fourth-order valence-electron chi connectivity index (χ4n) is 0.298. The van der Waals surface area contributed by atoms with Gasteiger partial charge < -0.3 is 5.73 Å². The van der Waals surface area contributed by atoms with Crippen molar-refractivity contribution in [1.82, 2.24) is 0 Å². The lowest BCUT2D eigenvalue weighted by Gasteiger charge is -1.99. The summed E-state index contributed by atoms with van der Waals surface area (Å²) in [4.78, 5) is 0. The molecule has 1 nitrogen and oxygen atoms in total. The summed E-state index contributed by atoms with van der Waals surface area (Å²) in [5.41, 5.74) is 5.77. The van der Waals surface area contributed by atoms with Crippen LogP contribution in [0.1, 0.15) is 34.1 Å². The van der Waals surface area contributed by atoms with Gasteiger partial charge in [0, 0.05) is 0 Å². The van der Waals surface area contributed by atoms with Gasteiger partial charge in [0.2, 0.25) is 0 Å². The number of hydrogen-bond donors (Lipinski definition) is 1. The number of allylic oxidation sites excluding steroid dienone is 3. The summed E-state index contributed by atoms with van der Waals surface area (Å²) in [5.74, 6) is 3.08. The maximum Gasteiger partial charge on any atom is -0.0130 e. The molecule has 14 heavy (non-hydrogen) atoms. The number of nitrogens with two attached hydrogens (primary N) is 1. The molecule has 0 saturated carbocycles. The van der Waals surface area contributed by atoms with Gasteiger partial charge in [0.25, 0.3) is 0 Å². The Balaban J connectivity index is -0.000000170. The van der Waals surface area contributed by atoms with Crippen LogP contribution in [-0.2, 0) is 0 Å². The summed E-state index contributed by atoms with van der Waals surface area (Å²) in [6, 6.07) is 0. The van der Waals surface area contributed by atoms with E-state index in [9.17, 15) is 0 Å². The zero-order valence-electron chi connectivity index (χ0n) is 10.3. The third kappa shape index (κ3) is 22.4. The van der Waals surface area contributed by atoms with E-state index < -0.39 is 0 Å². The van der Waals surface area contributed by atoms with Crippen LogP contribution in [0.15, 0.2) is 24.3 Å². The molecule has 0 amide bonds. The Bertz CT molecular complexity index is 170. The average molecular weight is 195 g/mol. The molecule has 0 radical (unpaired) electrons. The standard InChI is InChI=1S/C8H12.C4H8.CH5N/c1-5-6-8(4)7(2)3;1-3-4-2;1-2/h1,6-7H,2-4H3;3H,1,4H2,2H3;2H2,1H3/b8-6+;;. The van der Waals surface area contributed by atoms with E-state index in [2.05, 4.69) is 39.0 Å². The van der Waals surface area contributed by atoms with Crippen molar-refractivity contribution in [2.24, 2.45) is 11.7 Å². The Morgan fingerprint density at radius 3 is 1.93 bits per heavy atom. The minimum Gasteiger partial charge on any atom is -0.333 e. The van der Waals surface area contributed by atoms with Gasteiger partial charge in [-0.2, -0.15) is 0 Å². The normalized spacial score (nSPS) is 8.86. The minimum absolute atomic E-state index is 0.589. The van der Waals surface area contributed by atoms with Crippen LogP contribution in [0, 0.1) is 18.3 Å². The van der Waals surface area contributed by atoms with Gasteiger partial charge in [-0.25, -0.2) is 0 Å². The SMILES string of the molecule is C#C/C=C(\C)C(C)C.C=CCC.CN. The molecule has 0 unspecified atom stereocenters. The maximum absolute atomic E-state index is 5.04. The van der Waals surface area contributed by atoms with E-state index in [1.54, 1.807) is 0 Å². The lowest BCUT2D eigenvalue weighted by Crippen LogP contribution is -1.86. The van der Waals surface area contributed by atoms with Crippen LogP contribution in [0.4, 0.5) is 0 Å². The number of hydrogen-bond acceptors (Lipinski definition) is 1. The zero-order valence-corrected chi connectivity index (χ0v) is 10.3. The predicted octanol–water partition coefficient (Wildman–Crippen LogP) is 3.38. The molecule has 2 N–H and O–H groups in total. The highest BCUT2D eigenvalue weighted by Gasteiger charge is 1.91. The third-order valence-corrected chi connectivity index (χ3v) is 1.51. The second-order valence-corrected chi connectivity index (χ2v) is 2.91. The second-order valence-electron chi connectivity index (χ2n) is 2.91. The molecular weight excluding hydrogens is 170 g/mol. The molecular formula is C13H25N. The van der Waals surface area contributed by atoms with Crippen LogP contribution < -0.4 is 5.73 Å². The first-order valence-corrected chi connectivity index (χ1v) is 4.91. The molecule has 0 aliphatic rings. The molecule has 0 aliphatic carbocycles. The van der Waals surface area contributed by atoms with Crippen LogP contribution in [-0.4, -0.2) is 7.05 Å². The van der Waals surface area contributed by atoms with E-state index in [1.165, 1.54) is 12.6 Å². The van der Waals surface area contributed by atoms with Gasteiger partial charge in [-0.15, -0.1) is 13.0 Å². The van der Waals surface area contributed by atoms with E-state index in [0.29, 0.717) is 5.92 Å². The first-order chi connectivity index (χ1) is 6.59. The average Bonchev–Trinajstić information content (AvgIpc) is 2.21. The molecule has 0 aromatic rings. The smallest absolute Gasteiger partial charge is 0.0130 e. The molecule has 0 heterocycles. The Morgan fingerprint density at radius 1 is 1.50 bits per heavy atom. The van der Waals surface area contributed by atoms with Crippen LogP contribution in [0.25, 0.3) is 0 Å². The molecule has 0 bridgehead atoms. The largest absolute Gasteiger partial charge is 0.333 e. The first kappa shape index (κ1) is 18.7. The van der Waals surface area contributed by atoms with Crippen molar-refractivity contribution >= 4 is 0 Å². The van der Waals surface area contributed by atoms with E-state index >= 15 is 0 Å². The fourth-order valence-corrected chi connectivity index (χ4v) is 0.298. The quantitative estimate of drug-likeness (QED) is 0.530. The van der Waals surface area contributed by atoms with E-state index in [-0.39, 0.29) is 0 Å². The van der Waals surface area contributed by atoms with Crippen molar-refractivity contribution in [2.75, 3.05) is 7.05 Å². The van der Waals surface area contributed by atoms with Crippen molar-refractivity contribution in [2.45, 2.75) is 34.1 Å². The fraction of sp³-hybridized carbons (Fsp3) is 0.538. The van der Waals surface area contributed by atoms with Gasteiger partial charge in [0.15, 0.2) is 0 Å². The highest BCUT2D eigenvalue weighted by molar-refractivity contribution is 5.16. The highest BCUT2D eigenvalue weighted by Crippen LogP contribution is 2.05. The molecule has 82 valence electrons. The molecule has 0 rings (SSSR count). The van der Waals surface area contributed by atoms with Crippen molar-refractivity contribution < 1.29 is 0 Å². The monoisotopic (exact) mass is 195 g/mol. The van der Waals surface area contributed by atoms with Crippen LogP contribution in [0.3, 0.4) is 0 Å². The van der Waals surface area contributed by atoms with E-state index in [1.807, 2.05) is 19.1 Å². The predicted molar refractivity (Wildman–Crippen MR) is 68.0 cm³/mol. The summed E-state index contributed by atoms with van der Waals surface area (Å²) in [7, 11) is 1.50. The Hall–Kier alpha value is -1.00. The second kappa shape index (κ2) is 17.9. The van der Waals surface area contributed by atoms with Gasteiger partial charge >= 0.3 is 0 Å². The highest BCUT2D eigenvalue weighted by atomic mass is 14.4. The Labute approximate surface area is 90.1 Å². The van der Waals surface area contributed by atoms with Gasteiger partial charge in [-0.05, 0) is 32.4 Å². The summed E-state index contributed by atoms with van der Waals surface area (Å²) in [5, 5.41) is 0. The molecule has 0 aliphatic heterocycles. The summed E-state index contributed by atoms with van der Waals surface area (Å²) in [6.07, 6.45) is 9.81. The van der Waals surface area contributed by atoms with E-state index in [4.69, 9.17) is 6.42 Å². The topological polar surface area (TPSA) is 26.0 Å². The molecule has 0 aromatic carbocycles. The zero-order chi connectivity index (χ0) is 12.0. The number of rotatable bonds is 2. The summed E-state index contributed by atoms with van der Waals surface area (Å²) < 4.78 is 0. The van der Waals surface area contributed by atoms with Crippen molar-refractivity contribution in [1.29, 1.82) is 0 Å². The first-order valence-electron chi connectivity index (χ1n) is 4.91. The lowest BCUT2D eigenvalue weighted by atomic mass is 10.1. The van der Waals surface area contributed by atoms with Crippen molar-refractivity contribution in [3.63, 3.8) is 0 Å². The van der Waals surface area contributed by atoms with Gasteiger partial charge in [-0.3, -0.25) is 0 Å². The third-order valence-electron chi connectivity index (χ3n) is 1.51. The minimum atomic E-state index is 0.589. The van der Waals surface area contributed by atoms with E-state index in [0.717, 1.165) is 6.42 Å².